The summed E-state index contributed by atoms with van der Waals surface area (Å²) in [7, 11) is 1.35. The predicted octanol–water partition coefficient (Wildman–Crippen LogP) is 3.10. The molecular formula is C14H26O4Y. The Bertz CT molecular complexity index is 315. The van der Waals surface area contributed by atoms with Gasteiger partial charge in [0.25, 0.3) is 0 Å². The maximum Gasteiger partial charge on any atom is 0.311 e. The number of carboxylic acids is 1. The minimum Gasteiger partial charge on any atom is -0.481 e. The molecule has 0 aliphatic carbocycles. The normalized spacial score (nSPS) is 15.9. The van der Waals surface area contributed by atoms with Crippen molar-refractivity contribution in [2.24, 2.45) is 16.7 Å². The summed E-state index contributed by atoms with van der Waals surface area (Å²) in [5, 5.41) is 9.20. The van der Waals surface area contributed by atoms with Gasteiger partial charge in [-0.1, -0.05) is 20.3 Å². The van der Waals surface area contributed by atoms with Gasteiger partial charge in [0.2, 0.25) is 0 Å². The average Bonchev–Trinajstić information content (AvgIpc) is 2.26. The standard InChI is InChI=1S/C14H26O4.Y/c1-7-10(2)8-14(5,12(17)18-6)9-13(3,4)11(15)16;/h10H,7-9H2,1-6H3,(H,15,16);. The largest absolute Gasteiger partial charge is 0.481 e. The number of methoxy groups -OCH3 is 1. The van der Waals surface area contributed by atoms with Crippen LogP contribution in [0.5, 0.6) is 0 Å². The number of rotatable bonds is 7. The zero-order valence-electron chi connectivity index (χ0n) is 12.9. The number of esters is 1. The first-order valence-corrected chi connectivity index (χ1v) is 6.41. The van der Waals surface area contributed by atoms with Crippen LogP contribution in [0.1, 0.15) is 53.9 Å². The first kappa shape index (κ1) is 21.3. The number of carbonyl (C=O) groups excluding carboxylic acids is 1. The summed E-state index contributed by atoms with van der Waals surface area (Å²) in [5.74, 6) is -0.849. The second-order valence-electron chi connectivity index (χ2n) is 6.14. The molecule has 2 unspecified atom stereocenters. The molecule has 109 valence electrons. The van der Waals surface area contributed by atoms with E-state index in [1.807, 2.05) is 0 Å². The fourth-order valence-electron chi connectivity index (χ4n) is 2.44. The topological polar surface area (TPSA) is 63.6 Å². The van der Waals surface area contributed by atoms with Crippen LogP contribution in [0.3, 0.4) is 0 Å². The van der Waals surface area contributed by atoms with Crippen LogP contribution >= 0.6 is 0 Å². The number of carboxylic acid groups (broad SMARTS) is 1. The van der Waals surface area contributed by atoms with Crippen LogP contribution in [0.25, 0.3) is 0 Å². The van der Waals surface area contributed by atoms with E-state index in [0.717, 1.165) is 6.42 Å². The van der Waals surface area contributed by atoms with Crippen LogP contribution in [-0.4, -0.2) is 24.2 Å². The van der Waals surface area contributed by atoms with Crippen molar-refractivity contribution in [3.63, 3.8) is 0 Å². The van der Waals surface area contributed by atoms with E-state index in [1.54, 1.807) is 20.8 Å². The number of hydrogen-bond donors (Lipinski definition) is 1. The summed E-state index contributed by atoms with van der Waals surface area (Å²) in [6.45, 7) is 9.22. The van der Waals surface area contributed by atoms with Gasteiger partial charge in [-0.15, -0.1) is 0 Å². The molecule has 0 aliphatic heterocycles. The van der Waals surface area contributed by atoms with E-state index in [2.05, 4.69) is 13.8 Å². The van der Waals surface area contributed by atoms with Crippen molar-refractivity contribution in [3.05, 3.63) is 0 Å². The van der Waals surface area contributed by atoms with Gasteiger partial charge in [0.05, 0.1) is 17.9 Å². The molecule has 0 bridgehead atoms. The van der Waals surface area contributed by atoms with Gasteiger partial charge in [-0.3, -0.25) is 9.59 Å². The summed E-state index contributed by atoms with van der Waals surface area (Å²) in [6.07, 6.45) is 1.89. The average molecular weight is 347 g/mol. The number of ether oxygens (including phenoxy) is 1. The third-order valence-corrected chi connectivity index (χ3v) is 3.59. The molecule has 0 saturated carbocycles. The zero-order chi connectivity index (χ0) is 14.6. The first-order chi connectivity index (χ1) is 8.09. The van der Waals surface area contributed by atoms with Crippen molar-refractivity contribution in [2.75, 3.05) is 7.11 Å². The fourth-order valence-corrected chi connectivity index (χ4v) is 2.44. The van der Waals surface area contributed by atoms with Gasteiger partial charge in [-0.2, -0.15) is 0 Å². The van der Waals surface area contributed by atoms with Crippen molar-refractivity contribution in [1.82, 2.24) is 0 Å². The Morgan fingerprint density at radius 2 is 1.74 bits per heavy atom. The molecule has 0 aromatic rings. The quantitative estimate of drug-likeness (QED) is 0.719. The molecule has 5 heteroatoms. The summed E-state index contributed by atoms with van der Waals surface area (Å²) in [4.78, 5) is 23.2. The van der Waals surface area contributed by atoms with E-state index >= 15 is 0 Å². The molecule has 0 saturated heterocycles. The first-order valence-electron chi connectivity index (χ1n) is 6.41. The maximum absolute atomic E-state index is 12.0. The van der Waals surface area contributed by atoms with Crippen molar-refractivity contribution in [3.8, 4) is 0 Å². The Balaban J connectivity index is 0. The van der Waals surface area contributed by atoms with Gasteiger partial charge in [-0.05, 0) is 39.5 Å². The molecule has 0 spiro atoms. The van der Waals surface area contributed by atoms with Gasteiger partial charge in [0.1, 0.15) is 0 Å². The van der Waals surface area contributed by atoms with Crippen LogP contribution in [0.4, 0.5) is 0 Å². The van der Waals surface area contributed by atoms with Crippen LogP contribution in [0, 0.1) is 16.7 Å². The summed E-state index contributed by atoms with van der Waals surface area (Å²) in [5.41, 5.74) is -1.68. The van der Waals surface area contributed by atoms with Gasteiger partial charge in [0.15, 0.2) is 0 Å². The van der Waals surface area contributed by atoms with Gasteiger partial charge in [-0.25, -0.2) is 0 Å². The Labute approximate surface area is 141 Å². The number of hydrogen-bond acceptors (Lipinski definition) is 3. The fraction of sp³-hybridized carbons (Fsp3) is 0.857. The second-order valence-corrected chi connectivity index (χ2v) is 6.14. The van der Waals surface area contributed by atoms with Crippen LogP contribution in [-0.2, 0) is 47.0 Å². The molecule has 1 N–H and O–H groups in total. The van der Waals surface area contributed by atoms with Crippen molar-refractivity contribution < 1.29 is 52.1 Å². The van der Waals surface area contributed by atoms with E-state index in [-0.39, 0.29) is 45.1 Å². The number of carbonyl (C=O) groups is 2. The third-order valence-electron chi connectivity index (χ3n) is 3.59. The Morgan fingerprint density at radius 3 is 2.05 bits per heavy atom. The molecule has 0 heterocycles. The Morgan fingerprint density at radius 1 is 1.26 bits per heavy atom. The van der Waals surface area contributed by atoms with Crippen LogP contribution < -0.4 is 0 Å². The molecule has 19 heavy (non-hydrogen) atoms. The predicted molar refractivity (Wildman–Crippen MR) is 70.2 cm³/mol. The zero-order valence-corrected chi connectivity index (χ0v) is 15.8. The van der Waals surface area contributed by atoms with Gasteiger partial charge < -0.3 is 9.84 Å². The Hall–Kier alpha value is 0.0439. The molecule has 4 nitrogen and oxygen atoms in total. The summed E-state index contributed by atoms with van der Waals surface area (Å²) in [6, 6.07) is 0. The van der Waals surface area contributed by atoms with Crippen LogP contribution in [0.15, 0.2) is 0 Å². The van der Waals surface area contributed by atoms with E-state index < -0.39 is 16.8 Å². The molecule has 0 amide bonds. The molecule has 0 aromatic carbocycles. The Kier molecular flexibility index (Phi) is 9.39. The van der Waals surface area contributed by atoms with Crippen molar-refractivity contribution in [1.29, 1.82) is 0 Å². The van der Waals surface area contributed by atoms with Crippen molar-refractivity contribution in [2.45, 2.75) is 53.9 Å². The molecule has 1 radical (unpaired) electrons. The minimum absolute atomic E-state index is 0. The molecular weight excluding hydrogens is 321 g/mol. The number of aliphatic carboxylic acids is 1. The molecule has 0 aromatic heterocycles. The minimum atomic E-state index is -0.934. The molecule has 0 aliphatic rings. The van der Waals surface area contributed by atoms with E-state index in [9.17, 15) is 14.7 Å². The smallest absolute Gasteiger partial charge is 0.311 e. The molecule has 2 atom stereocenters. The van der Waals surface area contributed by atoms with E-state index in [0.29, 0.717) is 12.3 Å². The summed E-state index contributed by atoms with van der Waals surface area (Å²) < 4.78 is 4.85. The summed E-state index contributed by atoms with van der Waals surface area (Å²) >= 11 is 0. The third kappa shape index (κ3) is 6.35. The SMILES string of the molecule is CCC(C)CC(C)(CC(C)(C)C(=O)O)C(=O)OC.[Y]. The molecule has 0 rings (SSSR count). The second kappa shape index (κ2) is 8.36. The van der Waals surface area contributed by atoms with Crippen molar-refractivity contribution >= 4 is 11.9 Å². The maximum atomic E-state index is 12.0. The molecule has 0 fully saturated rings. The van der Waals surface area contributed by atoms with Gasteiger partial charge >= 0.3 is 11.9 Å². The van der Waals surface area contributed by atoms with E-state index in [1.165, 1.54) is 7.11 Å². The van der Waals surface area contributed by atoms with Gasteiger partial charge in [0, 0.05) is 32.7 Å². The van der Waals surface area contributed by atoms with E-state index in [4.69, 9.17) is 4.74 Å². The monoisotopic (exact) mass is 347 g/mol. The van der Waals surface area contributed by atoms with Crippen LogP contribution in [0.2, 0.25) is 0 Å².